The van der Waals surface area contributed by atoms with E-state index in [-0.39, 0.29) is 6.04 Å². The number of benzene rings is 1. The molecule has 5 heteroatoms. The highest BCUT2D eigenvalue weighted by Gasteiger charge is 2.12. The largest absolute Gasteiger partial charge is 0.374 e. The third-order valence-corrected chi connectivity index (χ3v) is 2.57. The first kappa shape index (κ1) is 12.7. The van der Waals surface area contributed by atoms with Gasteiger partial charge in [0.15, 0.2) is 5.82 Å². The van der Waals surface area contributed by atoms with Crippen LogP contribution in [0.15, 0.2) is 34.9 Å². The molecule has 0 spiro atoms. The first-order valence-corrected chi connectivity index (χ1v) is 5.99. The van der Waals surface area contributed by atoms with Gasteiger partial charge in [-0.2, -0.15) is 4.98 Å². The molecule has 0 bridgehead atoms. The van der Waals surface area contributed by atoms with Gasteiger partial charge in [0.1, 0.15) is 6.61 Å². The van der Waals surface area contributed by atoms with E-state index in [0.29, 0.717) is 31.3 Å². The van der Waals surface area contributed by atoms with Crippen molar-refractivity contribution >= 4 is 0 Å². The fourth-order valence-corrected chi connectivity index (χ4v) is 1.63. The molecule has 0 saturated carbocycles. The van der Waals surface area contributed by atoms with E-state index < -0.39 is 0 Å². The number of aromatic nitrogens is 2. The van der Waals surface area contributed by atoms with Crippen LogP contribution in [0.3, 0.4) is 0 Å². The monoisotopic (exact) mass is 247 g/mol. The molecule has 0 saturated heterocycles. The summed E-state index contributed by atoms with van der Waals surface area (Å²) in [5.41, 5.74) is 7.13. The molecule has 0 fully saturated rings. The minimum absolute atomic E-state index is 0.133. The summed E-state index contributed by atoms with van der Waals surface area (Å²) in [5, 5.41) is 3.83. The predicted octanol–water partition coefficient (Wildman–Crippen LogP) is 1.85. The summed E-state index contributed by atoms with van der Waals surface area (Å²) in [5.74, 6) is 1.10. The van der Waals surface area contributed by atoms with Gasteiger partial charge in [0, 0.05) is 19.1 Å². The Morgan fingerprint density at radius 1 is 1.33 bits per heavy atom. The Morgan fingerprint density at radius 3 is 2.83 bits per heavy atom. The smallest absolute Gasteiger partial charge is 0.228 e. The quantitative estimate of drug-likeness (QED) is 0.843. The van der Waals surface area contributed by atoms with Gasteiger partial charge in [-0.3, -0.25) is 0 Å². The normalized spacial score (nSPS) is 12.6. The Balaban J connectivity index is 1.95. The first-order valence-electron chi connectivity index (χ1n) is 5.99. The second-order valence-electron chi connectivity index (χ2n) is 3.96. The van der Waals surface area contributed by atoms with Gasteiger partial charge >= 0.3 is 0 Å². The molecule has 1 heterocycles. The molecule has 1 atom stereocenters. The van der Waals surface area contributed by atoms with Crippen LogP contribution in [0.2, 0.25) is 0 Å². The lowest BCUT2D eigenvalue weighted by molar-refractivity contribution is 0.126. The summed E-state index contributed by atoms with van der Waals surface area (Å²) in [6.45, 7) is 2.93. The molecule has 0 radical (unpaired) electrons. The second kappa shape index (κ2) is 6.28. The van der Waals surface area contributed by atoms with Crippen molar-refractivity contribution in [3.63, 3.8) is 0 Å². The summed E-state index contributed by atoms with van der Waals surface area (Å²) in [6.07, 6.45) is 0.531. The van der Waals surface area contributed by atoms with Crippen molar-refractivity contribution in [1.29, 1.82) is 0 Å². The molecule has 96 valence electrons. The van der Waals surface area contributed by atoms with Crippen LogP contribution < -0.4 is 5.73 Å². The van der Waals surface area contributed by atoms with Crippen LogP contribution >= 0.6 is 0 Å². The van der Waals surface area contributed by atoms with Crippen molar-refractivity contribution < 1.29 is 9.26 Å². The van der Waals surface area contributed by atoms with Crippen molar-refractivity contribution in [3.05, 3.63) is 47.6 Å². The molecule has 0 amide bonds. The zero-order chi connectivity index (χ0) is 12.8. The number of rotatable bonds is 6. The van der Waals surface area contributed by atoms with Gasteiger partial charge in [-0.05, 0) is 12.5 Å². The number of ether oxygens (including phenoxy) is 1. The van der Waals surface area contributed by atoms with Crippen LogP contribution in [0.1, 0.15) is 30.2 Å². The van der Waals surface area contributed by atoms with Gasteiger partial charge < -0.3 is 15.0 Å². The molecule has 0 aliphatic rings. The van der Waals surface area contributed by atoms with Gasteiger partial charge in [-0.1, -0.05) is 35.5 Å². The van der Waals surface area contributed by atoms with Crippen molar-refractivity contribution in [3.8, 4) is 0 Å². The number of nitrogens with two attached hydrogens (primary N) is 1. The maximum absolute atomic E-state index is 6.08. The Bertz CT molecular complexity index is 470. The summed E-state index contributed by atoms with van der Waals surface area (Å²) in [4.78, 5) is 4.23. The standard InChI is InChI=1S/C13H17N3O2/c1-2-17-9-12-15-13(18-16-12)8-11(14)10-6-4-3-5-7-10/h3-7,11H,2,8-9,14H2,1H3. The highest BCUT2D eigenvalue weighted by Crippen LogP contribution is 2.14. The Hall–Kier alpha value is -1.72. The van der Waals surface area contributed by atoms with E-state index >= 15 is 0 Å². The number of nitrogens with zero attached hydrogens (tertiary/aromatic N) is 2. The molecule has 0 aliphatic heterocycles. The van der Waals surface area contributed by atoms with E-state index in [1.165, 1.54) is 0 Å². The first-order chi connectivity index (χ1) is 8.79. The molecule has 0 aliphatic carbocycles. The average molecular weight is 247 g/mol. The van der Waals surface area contributed by atoms with Crippen LogP contribution in [0.5, 0.6) is 0 Å². The zero-order valence-corrected chi connectivity index (χ0v) is 10.4. The maximum atomic E-state index is 6.08. The summed E-state index contributed by atoms with van der Waals surface area (Å²) >= 11 is 0. The van der Waals surface area contributed by atoms with Crippen LogP contribution in [-0.2, 0) is 17.8 Å². The molecule has 18 heavy (non-hydrogen) atoms. The molecule has 1 aromatic heterocycles. The van der Waals surface area contributed by atoms with Crippen LogP contribution in [0.4, 0.5) is 0 Å². The van der Waals surface area contributed by atoms with Crippen LogP contribution in [0, 0.1) is 0 Å². The molecular weight excluding hydrogens is 230 g/mol. The van der Waals surface area contributed by atoms with Gasteiger partial charge in [0.25, 0.3) is 0 Å². The highest BCUT2D eigenvalue weighted by atomic mass is 16.5. The molecule has 2 rings (SSSR count). The topological polar surface area (TPSA) is 74.2 Å². The van der Waals surface area contributed by atoms with E-state index in [1.54, 1.807) is 0 Å². The minimum Gasteiger partial charge on any atom is -0.374 e. The SMILES string of the molecule is CCOCc1noc(CC(N)c2ccccc2)n1. The van der Waals surface area contributed by atoms with E-state index in [0.717, 1.165) is 5.56 Å². The van der Waals surface area contributed by atoms with Gasteiger partial charge in [-0.15, -0.1) is 0 Å². The van der Waals surface area contributed by atoms with E-state index in [9.17, 15) is 0 Å². The number of hydrogen-bond acceptors (Lipinski definition) is 5. The highest BCUT2D eigenvalue weighted by molar-refractivity contribution is 5.19. The molecule has 5 nitrogen and oxygen atoms in total. The molecule has 1 aromatic carbocycles. The predicted molar refractivity (Wildman–Crippen MR) is 66.7 cm³/mol. The van der Waals surface area contributed by atoms with Crippen molar-refractivity contribution in [2.75, 3.05) is 6.61 Å². The summed E-state index contributed by atoms with van der Waals surface area (Å²) in [6, 6.07) is 9.73. The zero-order valence-electron chi connectivity index (χ0n) is 10.4. The third kappa shape index (κ3) is 3.38. The molecular formula is C13H17N3O2. The third-order valence-electron chi connectivity index (χ3n) is 2.57. The van der Waals surface area contributed by atoms with Crippen molar-refractivity contribution in [2.45, 2.75) is 26.0 Å². The van der Waals surface area contributed by atoms with Crippen molar-refractivity contribution in [2.24, 2.45) is 5.73 Å². The van der Waals surface area contributed by atoms with E-state index in [1.807, 2.05) is 37.3 Å². The fraction of sp³-hybridized carbons (Fsp3) is 0.385. The number of hydrogen-bond donors (Lipinski definition) is 1. The lowest BCUT2D eigenvalue weighted by Crippen LogP contribution is -2.13. The van der Waals surface area contributed by atoms with Gasteiger partial charge in [0.2, 0.25) is 5.89 Å². The van der Waals surface area contributed by atoms with E-state index in [4.69, 9.17) is 15.0 Å². The van der Waals surface area contributed by atoms with Crippen LogP contribution in [-0.4, -0.2) is 16.7 Å². The molecule has 2 aromatic rings. The molecule has 2 N–H and O–H groups in total. The van der Waals surface area contributed by atoms with Gasteiger partial charge in [0.05, 0.1) is 0 Å². The van der Waals surface area contributed by atoms with Crippen LogP contribution in [0.25, 0.3) is 0 Å². The lowest BCUT2D eigenvalue weighted by atomic mass is 10.1. The minimum atomic E-state index is -0.133. The Labute approximate surface area is 106 Å². The van der Waals surface area contributed by atoms with Gasteiger partial charge in [-0.25, -0.2) is 0 Å². The Morgan fingerprint density at radius 2 is 2.11 bits per heavy atom. The summed E-state index contributed by atoms with van der Waals surface area (Å²) in [7, 11) is 0. The van der Waals surface area contributed by atoms with Crippen molar-refractivity contribution in [1.82, 2.24) is 10.1 Å². The summed E-state index contributed by atoms with van der Waals surface area (Å²) < 4.78 is 10.3. The lowest BCUT2D eigenvalue weighted by Gasteiger charge is -2.08. The maximum Gasteiger partial charge on any atom is 0.228 e. The Kier molecular flexibility index (Phi) is 4.44. The second-order valence-corrected chi connectivity index (χ2v) is 3.96. The fourth-order valence-electron chi connectivity index (χ4n) is 1.63. The van der Waals surface area contributed by atoms with E-state index in [2.05, 4.69) is 10.1 Å². The molecule has 1 unspecified atom stereocenters. The average Bonchev–Trinajstić information content (AvgIpc) is 2.85.